The number of aryl methyl sites for hydroxylation is 3. The summed E-state index contributed by atoms with van der Waals surface area (Å²) in [6.45, 7) is 3.66. The summed E-state index contributed by atoms with van der Waals surface area (Å²) in [7, 11) is 5.85. The van der Waals surface area contributed by atoms with E-state index in [-0.39, 0.29) is 0 Å². The summed E-state index contributed by atoms with van der Waals surface area (Å²) in [5.74, 6) is 0.874. The smallest absolute Gasteiger partial charge is 0.193 e. The summed E-state index contributed by atoms with van der Waals surface area (Å²) in [5.41, 5.74) is 4.58. The fourth-order valence-corrected chi connectivity index (χ4v) is 3.63. The molecule has 0 atom stereocenters. The zero-order valence-corrected chi connectivity index (χ0v) is 18.3. The quantitative estimate of drug-likeness (QED) is 0.364. The van der Waals surface area contributed by atoms with Gasteiger partial charge < -0.3 is 14.8 Å². The second-order valence-electron chi connectivity index (χ2n) is 7.21. The van der Waals surface area contributed by atoms with Gasteiger partial charge in [0.1, 0.15) is 0 Å². The number of benzene rings is 1. The van der Waals surface area contributed by atoms with E-state index in [1.54, 1.807) is 0 Å². The minimum Gasteiger partial charge on any atom is -0.356 e. The predicted molar refractivity (Wildman–Crippen MR) is 120 cm³/mol. The van der Waals surface area contributed by atoms with Crippen LogP contribution >= 0.6 is 11.6 Å². The summed E-state index contributed by atoms with van der Waals surface area (Å²) >= 11 is 6.08. The molecule has 0 saturated heterocycles. The fourth-order valence-electron chi connectivity index (χ4n) is 3.36. The third-order valence-electron chi connectivity index (χ3n) is 4.97. The Labute approximate surface area is 177 Å². The lowest BCUT2D eigenvalue weighted by atomic mass is 10.1. The topological polar surface area (TPSA) is 50.4 Å². The number of para-hydroxylation sites is 1. The van der Waals surface area contributed by atoms with Gasteiger partial charge in [0, 0.05) is 45.8 Å². The van der Waals surface area contributed by atoms with Crippen molar-refractivity contribution in [3.05, 3.63) is 70.8 Å². The molecule has 0 unspecified atom stereocenters. The molecule has 29 heavy (non-hydrogen) atoms. The van der Waals surface area contributed by atoms with Gasteiger partial charge in [0.2, 0.25) is 0 Å². The van der Waals surface area contributed by atoms with Crippen LogP contribution in [0, 0.1) is 6.92 Å². The highest BCUT2D eigenvalue weighted by Gasteiger charge is 2.10. The Morgan fingerprint density at radius 1 is 1.24 bits per heavy atom. The molecular formula is C22H29ClN6. The molecular weight excluding hydrogens is 384 g/mol. The molecule has 6 nitrogen and oxygen atoms in total. The molecule has 0 amide bonds. The Hall–Kier alpha value is -2.73. The van der Waals surface area contributed by atoms with Crippen LogP contribution in [0.25, 0.3) is 5.69 Å². The third kappa shape index (κ3) is 5.41. The first-order valence-corrected chi connectivity index (χ1v) is 10.2. The van der Waals surface area contributed by atoms with Crippen LogP contribution in [0.2, 0.25) is 5.02 Å². The molecule has 0 spiro atoms. The summed E-state index contributed by atoms with van der Waals surface area (Å²) in [5, 5.41) is 8.85. The van der Waals surface area contributed by atoms with E-state index in [0.29, 0.717) is 0 Å². The molecule has 0 aliphatic heterocycles. The van der Waals surface area contributed by atoms with Crippen LogP contribution in [-0.4, -0.2) is 45.8 Å². The minimum atomic E-state index is 0.742. The van der Waals surface area contributed by atoms with Gasteiger partial charge in [-0.15, -0.1) is 0 Å². The normalized spacial score (nSPS) is 11.7. The highest BCUT2D eigenvalue weighted by Crippen LogP contribution is 2.15. The molecule has 0 aliphatic carbocycles. The summed E-state index contributed by atoms with van der Waals surface area (Å²) in [6, 6.07) is 12.2. The van der Waals surface area contributed by atoms with Crippen LogP contribution in [0.4, 0.5) is 0 Å². The average Bonchev–Trinajstić information content (AvgIpc) is 3.23. The summed E-state index contributed by atoms with van der Waals surface area (Å²) in [6.07, 6.45) is 6.02. The Balaban J connectivity index is 1.50. The van der Waals surface area contributed by atoms with Crippen molar-refractivity contribution in [3.8, 4) is 5.69 Å². The first kappa shape index (κ1) is 21.0. The first-order valence-electron chi connectivity index (χ1n) is 9.81. The third-order valence-corrected chi connectivity index (χ3v) is 5.18. The first-order chi connectivity index (χ1) is 14.0. The van der Waals surface area contributed by atoms with Gasteiger partial charge >= 0.3 is 0 Å². The van der Waals surface area contributed by atoms with E-state index < -0.39 is 0 Å². The van der Waals surface area contributed by atoms with Crippen LogP contribution in [0.3, 0.4) is 0 Å². The molecule has 3 rings (SSSR count). The van der Waals surface area contributed by atoms with Crippen LogP contribution in [0.5, 0.6) is 0 Å². The summed E-state index contributed by atoms with van der Waals surface area (Å²) < 4.78 is 4.00. The fraction of sp³-hybridized carbons (Fsp3) is 0.364. The Bertz CT molecular complexity index is 957. The average molecular weight is 413 g/mol. The zero-order chi connectivity index (χ0) is 20.8. The van der Waals surface area contributed by atoms with E-state index in [9.17, 15) is 0 Å². The SMILES string of the molecule is CN=C(NCCCc1cn(-c2ccccc2)nc1C)N(C)Cc1cc(Cl)cn1C. The molecule has 3 aromatic rings. The van der Waals surface area contributed by atoms with Gasteiger partial charge in [-0.05, 0) is 43.5 Å². The lowest BCUT2D eigenvalue weighted by Gasteiger charge is -2.22. The van der Waals surface area contributed by atoms with E-state index in [4.69, 9.17) is 11.6 Å². The van der Waals surface area contributed by atoms with Crippen LogP contribution in [0.15, 0.2) is 53.8 Å². The lowest BCUT2D eigenvalue weighted by Crippen LogP contribution is -2.39. The molecule has 0 radical (unpaired) electrons. The lowest BCUT2D eigenvalue weighted by molar-refractivity contribution is 0.461. The standard InChI is InChI=1S/C22H29ClN6/c1-17-18(14-29(26-17)20-10-6-5-7-11-20)9-8-12-25-22(24-2)28(4)16-21-13-19(23)15-27(21)3/h5-7,10-11,13-15H,8-9,12,16H2,1-4H3,(H,24,25). The van der Waals surface area contributed by atoms with Crippen LogP contribution < -0.4 is 5.32 Å². The second kappa shape index (κ2) is 9.65. The van der Waals surface area contributed by atoms with Gasteiger partial charge in [-0.2, -0.15) is 5.10 Å². The maximum Gasteiger partial charge on any atom is 0.193 e. The highest BCUT2D eigenvalue weighted by atomic mass is 35.5. The number of hydrogen-bond acceptors (Lipinski definition) is 2. The number of rotatable bonds is 7. The van der Waals surface area contributed by atoms with Crippen LogP contribution in [0.1, 0.15) is 23.4 Å². The molecule has 7 heteroatoms. The molecule has 2 aromatic heterocycles. The second-order valence-corrected chi connectivity index (χ2v) is 7.65. The van der Waals surface area contributed by atoms with Gasteiger partial charge in [-0.1, -0.05) is 29.8 Å². The summed E-state index contributed by atoms with van der Waals surface area (Å²) in [4.78, 5) is 6.50. The molecule has 1 N–H and O–H groups in total. The molecule has 154 valence electrons. The van der Waals surface area contributed by atoms with Crippen molar-refractivity contribution in [1.82, 2.24) is 24.6 Å². The van der Waals surface area contributed by atoms with Gasteiger partial charge in [-0.25, -0.2) is 4.68 Å². The van der Waals surface area contributed by atoms with Crippen molar-refractivity contribution >= 4 is 17.6 Å². The van der Waals surface area contributed by atoms with E-state index in [1.807, 2.05) is 60.9 Å². The number of halogens is 1. The number of aliphatic imine (C=N–C) groups is 1. The monoisotopic (exact) mass is 412 g/mol. The minimum absolute atomic E-state index is 0.742. The van der Waals surface area contributed by atoms with Crippen LogP contribution in [-0.2, 0) is 20.0 Å². The van der Waals surface area contributed by atoms with Crippen molar-refractivity contribution in [2.45, 2.75) is 26.3 Å². The number of aromatic nitrogens is 3. The number of nitrogens with zero attached hydrogens (tertiary/aromatic N) is 5. The zero-order valence-electron chi connectivity index (χ0n) is 17.6. The maximum atomic E-state index is 6.08. The molecule has 0 fully saturated rings. The van der Waals surface area contributed by atoms with E-state index in [2.05, 4.69) is 45.6 Å². The molecule has 0 aliphatic rings. The van der Waals surface area contributed by atoms with Gasteiger partial charge in [-0.3, -0.25) is 4.99 Å². The van der Waals surface area contributed by atoms with Crippen molar-refractivity contribution in [2.75, 3.05) is 20.6 Å². The van der Waals surface area contributed by atoms with Gasteiger partial charge in [0.25, 0.3) is 0 Å². The molecule has 2 heterocycles. The molecule has 0 saturated carbocycles. The van der Waals surface area contributed by atoms with Crippen molar-refractivity contribution in [2.24, 2.45) is 12.0 Å². The number of guanidine groups is 1. The Morgan fingerprint density at radius 2 is 2.00 bits per heavy atom. The van der Waals surface area contributed by atoms with E-state index in [1.165, 1.54) is 5.56 Å². The maximum absolute atomic E-state index is 6.08. The molecule has 1 aromatic carbocycles. The van der Waals surface area contributed by atoms with E-state index >= 15 is 0 Å². The van der Waals surface area contributed by atoms with Crippen molar-refractivity contribution < 1.29 is 0 Å². The number of nitrogens with one attached hydrogen (secondary N) is 1. The largest absolute Gasteiger partial charge is 0.356 e. The van der Waals surface area contributed by atoms with Crippen molar-refractivity contribution in [3.63, 3.8) is 0 Å². The predicted octanol–water partition coefficient (Wildman–Crippen LogP) is 3.81. The van der Waals surface area contributed by atoms with Crippen molar-refractivity contribution in [1.29, 1.82) is 0 Å². The Morgan fingerprint density at radius 3 is 2.66 bits per heavy atom. The Kier molecular flexibility index (Phi) is 6.99. The van der Waals surface area contributed by atoms with E-state index in [0.717, 1.165) is 54.0 Å². The van der Waals surface area contributed by atoms with Gasteiger partial charge in [0.15, 0.2) is 5.96 Å². The number of hydrogen-bond donors (Lipinski definition) is 1. The molecule has 0 bridgehead atoms. The van der Waals surface area contributed by atoms with Gasteiger partial charge in [0.05, 0.1) is 22.9 Å². The highest BCUT2D eigenvalue weighted by molar-refractivity contribution is 6.30.